The summed E-state index contributed by atoms with van der Waals surface area (Å²) in [5.41, 5.74) is 1.24. The molecule has 0 aliphatic heterocycles. The summed E-state index contributed by atoms with van der Waals surface area (Å²) in [5.74, 6) is 0.316. The average molecular weight is 281 g/mol. The lowest BCUT2D eigenvalue weighted by Gasteiger charge is -2.18. The number of phenolic OH excluding ortho intramolecular Hbond substituents is 1. The van der Waals surface area contributed by atoms with Crippen LogP contribution in [-0.4, -0.2) is 32.9 Å². The number of hydrogen-bond donors (Lipinski definition) is 2. The molecule has 0 heterocycles. The molecule has 0 spiro atoms. The van der Waals surface area contributed by atoms with E-state index in [0.717, 1.165) is 32.2 Å². The number of rotatable bonds is 7. The van der Waals surface area contributed by atoms with Gasteiger partial charge >= 0.3 is 0 Å². The van der Waals surface area contributed by atoms with Crippen molar-refractivity contribution < 1.29 is 9.32 Å². The first-order valence-electron chi connectivity index (χ1n) is 6.87. The van der Waals surface area contributed by atoms with E-state index in [4.69, 9.17) is 0 Å². The van der Waals surface area contributed by atoms with Crippen LogP contribution in [0.2, 0.25) is 0 Å². The monoisotopic (exact) mass is 281 g/mol. The van der Waals surface area contributed by atoms with Crippen LogP contribution in [-0.2, 0) is 17.2 Å². The van der Waals surface area contributed by atoms with Gasteiger partial charge in [-0.15, -0.1) is 0 Å². The van der Waals surface area contributed by atoms with E-state index in [9.17, 15) is 9.32 Å². The third-order valence-electron chi connectivity index (χ3n) is 3.99. The van der Waals surface area contributed by atoms with Crippen LogP contribution >= 0.6 is 0 Å². The molecule has 0 bridgehead atoms. The first-order valence-corrected chi connectivity index (χ1v) is 8.42. The molecule has 3 nitrogen and oxygen atoms in total. The van der Waals surface area contributed by atoms with E-state index in [1.54, 1.807) is 12.1 Å². The second-order valence-electron chi connectivity index (χ2n) is 5.62. The van der Waals surface area contributed by atoms with E-state index in [1.165, 1.54) is 5.56 Å². The topological polar surface area (TPSA) is 49.3 Å². The summed E-state index contributed by atoms with van der Waals surface area (Å²) in [6.45, 7) is 3.04. The Balaban J connectivity index is 1.71. The smallest absolute Gasteiger partial charge is 0.115 e. The predicted octanol–water partition coefficient (Wildman–Crippen LogP) is 2.21. The molecule has 106 valence electrons. The van der Waals surface area contributed by atoms with Crippen molar-refractivity contribution in [1.82, 2.24) is 5.32 Å². The molecule has 0 aromatic heterocycles. The molecule has 1 aliphatic rings. The molecule has 1 aliphatic carbocycles. The molecular formula is C15H23NO2S. The van der Waals surface area contributed by atoms with Gasteiger partial charge in [-0.05, 0) is 50.3 Å². The van der Waals surface area contributed by atoms with E-state index in [1.807, 2.05) is 18.4 Å². The number of aromatic hydroxyl groups is 1. The molecule has 2 N–H and O–H groups in total. The largest absolute Gasteiger partial charge is 0.508 e. The van der Waals surface area contributed by atoms with Gasteiger partial charge in [0, 0.05) is 29.6 Å². The van der Waals surface area contributed by atoms with E-state index < -0.39 is 10.8 Å². The van der Waals surface area contributed by atoms with Crippen LogP contribution in [0.4, 0.5) is 0 Å². The second-order valence-corrected chi connectivity index (χ2v) is 7.40. The van der Waals surface area contributed by atoms with Crippen molar-refractivity contribution in [1.29, 1.82) is 0 Å². The maximum atomic E-state index is 11.6. The van der Waals surface area contributed by atoms with Crippen molar-refractivity contribution in [2.24, 2.45) is 0 Å². The van der Waals surface area contributed by atoms with Crippen molar-refractivity contribution in [3.8, 4) is 5.75 Å². The Morgan fingerprint density at radius 3 is 2.53 bits per heavy atom. The second kappa shape index (κ2) is 6.06. The quantitative estimate of drug-likeness (QED) is 0.805. The van der Waals surface area contributed by atoms with Crippen molar-refractivity contribution in [3.05, 3.63) is 29.8 Å². The zero-order chi connectivity index (χ0) is 13.9. The number of aryl methyl sites for hydroxylation is 1. The third-order valence-corrected chi connectivity index (χ3v) is 5.76. The summed E-state index contributed by atoms with van der Waals surface area (Å²) in [7, 11) is -0.714. The standard InChI is InChI=1S/C15H23NO2S/c1-12(16-11-15(9-10-15)19(2)18)3-4-13-5-7-14(17)8-6-13/h5-8,12,16-17H,3-4,9-11H2,1-2H3. The molecule has 2 atom stereocenters. The van der Waals surface area contributed by atoms with E-state index in [0.29, 0.717) is 11.8 Å². The molecule has 1 aromatic rings. The fourth-order valence-corrected chi connectivity index (χ4v) is 3.18. The molecule has 19 heavy (non-hydrogen) atoms. The van der Waals surface area contributed by atoms with Crippen LogP contribution in [0.1, 0.15) is 31.7 Å². The molecule has 1 fully saturated rings. The minimum Gasteiger partial charge on any atom is -0.508 e. The Bertz CT molecular complexity index is 440. The summed E-state index contributed by atoms with van der Waals surface area (Å²) < 4.78 is 11.7. The van der Waals surface area contributed by atoms with Crippen molar-refractivity contribution in [2.45, 2.75) is 43.4 Å². The fraction of sp³-hybridized carbons (Fsp3) is 0.600. The van der Waals surface area contributed by atoms with Gasteiger partial charge in [-0.1, -0.05) is 12.1 Å². The lowest BCUT2D eigenvalue weighted by atomic mass is 10.1. The van der Waals surface area contributed by atoms with Gasteiger partial charge in [0.25, 0.3) is 0 Å². The minimum atomic E-state index is -0.714. The molecule has 1 saturated carbocycles. The SMILES string of the molecule is CC(CCc1ccc(O)cc1)NCC1(S(C)=O)CC1. The van der Waals surface area contributed by atoms with Crippen LogP contribution in [0, 0.1) is 0 Å². The maximum Gasteiger partial charge on any atom is 0.115 e. The van der Waals surface area contributed by atoms with Gasteiger partial charge in [-0.25, -0.2) is 0 Å². The van der Waals surface area contributed by atoms with Crippen LogP contribution in [0.25, 0.3) is 0 Å². The minimum absolute atomic E-state index is 0.0623. The molecule has 0 saturated heterocycles. The Morgan fingerprint density at radius 1 is 1.37 bits per heavy atom. The van der Waals surface area contributed by atoms with Crippen molar-refractivity contribution >= 4 is 10.8 Å². The highest BCUT2D eigenvalue weighted by molar-refractivity contribution is 7.86. The zero-order valence-electron chi connectivity index (χ0n) is 11.7. The zero-order valence-corrected chi connectivity index (χ0v) is 12.5. The Labute approximate surface area is 117 Å². The molecule has 0 amide bonds. The summed E-state index contributed by atoms with van der Waals surface area (Å²) in [6, 6.07) is 7.81. The highest BCUT2D eigenvalue weighted by Gasteiger charge is 2.46. The fourth-order valence-electron chi connectivity index (χ4n) is 2.21. The summed E-state index contributed by atoms with van der Waals surface area (Å²) >= 11 is 0. The Kier molecular flexibility index (Phi) is 4.63. The number of benzene rings is 1. The van der Waals surface area contributed by atoms with Crippen LogP contribution in [0.3, 0.4) is 0 Å². The van der Waals surface area contributed by atoms with Crippen LogP contribution in [0.15, 0.2) is 24.3 Å². The summed E-state index contributed by atoms with van der Waals surface area (Å²) in [5, 5.41) is 12.7. The normalized spacial score (nSPS) is 19.9. The number of nitrogens with one attached hydrogen (secondary N) is 1. The van der Waals surface area contributed by atoms with E-state index in [2.05, 4.69) is 12.2 Å². The third kappa shape index (κ3) is 4.05. The average Bonchev–Trinajstić information content (AvgIpc) is 3.17. The highest BCUT2D eigenvalue weighted by atomic mass is 32.2. The molecule has 2 rings (SSSR count). The van der Waals surface area contributed by atoms with Gasteiger partial charge in [0.05, 0.1) is 4.75 Å². The first kappa shape index (κ1) is 14.5. The Morgan fingerprint density at radius 2 is 2.00 bits per heavy atom. The summed E-state index contributed by atoms with van der Waals surface area (Å²) in [4.78, 5) is 0. The summed E-state index contributed by atoms with van der Waals surface area (Å²) in [6.07, 6.45) is 6.05. The Hall–Kier alpha value is -0.870. The first-order chi connectivity index (χ1) is 9.02. The lowest BCUT2D eigenvalue weighted by molar-refractivity contribution is 0.474. The van der Waals surface area contributed by atoms with Gasteiger partial charge in [0.2, 0.25) is 0 Å². The van der Waals surface area contributed by atoms with Gasteiger partial charge in [0.1, 0.15) is 5.75 Å². The van der Waals surface area contributed by atoms with E-state index >= 15 is 0 Å². The van der Waals surface area contributed by atoms with Gasteiger partial charge in [-0.2, -0.15) is 0 Å². The van der Waals surface area contributed by atoms with Crippen molar-refractivity contribution in [3.63, 3.8) is 0 Å². The molecule has 0 radical (unpaired) electrons. The van der Waals surface area contributed by atoms with Crippen molar-refractivity contribution in [2.75, 3.05) is 12.8 Å². The molecule has 1 aromatic carbocycles. The highest BCUT2D eigenvalue weighted by Crippen LogP contribution is 2.40. The molecular weight excluding hydrogens is 258 g/mol. The van der Waals surface area contributed by atoms with Gasteiger partial charge in [0.15, 0.2) is 0 Å². The lowest BCUT2D eigenvalue weighted by Crippen LogP contribution is -2.37. The van der Waals surface area contributed by atoms with E-state index in [-0.39, 0.29) is 4.75 Å². The van der Waals surface area contributed by atoms with Gasteiger partial charge in [-0.3, -0.25) is 4.21 Å². The number of hydrogen-bond acceptors (Lipinski definition) is 3. The number of phenols is 1. The van der Waals surface area contributed by atoms with Gasteiger partial charge < -0.3 is 10.4 Å². The van der Waals surface area contributed by atoms with Crippen LogP contribution < -0.4 is 5.32 Å². The molecule has 2 unspecified atom stereocenters. The predicted molar refractivity (Wildman–Crippen MR) is 79.9 cm³/mol. The maximum absolute atomic E-state index is 11.6. The molecule has 4 heteroatoms. The van der Waals surface area contributed by atoms with Crippen LogP contribution in [0.5, 0.6) is 5.75 Å².